The molecular formula is C13H15N5OS. The lowest BCUT2D eigenvalue weighted by Gasteiger charge is -2.23. The van der Waals surface area contributed by atoms with Crippen molar-refractivity contribution in [3.05, 3.63) is 45.3 Å². The van der Waals surface area contributed by atoms with E-state index in [1.54, 1.807) is 17.4 Å². The first-order valence-electron chi connectivity index (χ1n) is 6.27. The smallest absolute Gasteiger partial charge is 0.348 e. The number of rotatable bonds is 4. The lowest BCUT2D eigenvalue weighted by atomic mass is 9.91. The van der Waals surface area contributed by atoms with Gasteiger partial charge in [0.25, 0.3) is 0 Å². The fourth-order valence-corrected chi connectivity index (χ4v) is 2.82. The van der Waals surface area contributed by atoms with Crippen molar-refractivity contribution in [3.63, 3.8) is 0 Å². The number of aromatic nitrogens is 4. The minimum atomic E-state index is -0.280. The van der Waals surface area contributed by atoms with Gasteiger partial charge in [-0.1, -0.05) is 19.9 Å². The summed E-state index contributed by atoms with van der Waals surface area (Å²) >= 11 is 1.75. The summed E-state index contributed by atoms with van der Waals surface area (Å²) in [5, 5.41) is 11.7. The Hall–Kier alpha value is -2.15. The Morgan fingerprint density at radius 3 is 3.10 bits per heavy atom. The molecule has 0 unspecified atom stereocenters. The van der Waals surface area contributed by atoms with Crippen molar-refractivity contribution in [2.45, 2.75) is 19.3 Å². The van der Waals surface area contributed by atoms with Crippen LogP contribution in [0.3, 0.4) is 0 Å². The molecule has 0 fully saturated rings. The third-order valence-electron chi connectivity index (χ3n) is 3.21. The first-order valence-corrected chi connectivity index (χ1v) is 7.15. The molecule has 0 aliphatic heterocycles. The van der Waals surface area contributed by atoms with Gasteiger partial charge in [-0.3, -0.25) is 0 Å². The van der Waals surface area contributed by atoms with Crippen LogP contribution in [0, 0.1) is 0 Å². The normalized spacial score (nSPS) is 11.9. The Bertz CT molecular complexity index is 772. The van der Waals surface area contributed by atoms with E-state index in [9.17, 15) is 4.79 Å². The summed E-state index contributed by atoms with van der Waals surface area (Å²) in [5.41, 5.74) is 0.298. The molecule has 3 rings (SSSR count). The fourth-order valence-electron chi connectivity index (χ4n) is 1.97. The number of fused-ring (bicyclic) bond motifs is 1. The molecule has 104 valence electrons. The number of aromatic amines is 1. The summed E-state index contributed by atoms with van der Waals surface area (Å²) < 4.78 is 1.37. The van der Waals surface area contributed by atoms with Crippen molar-refractivity contribution in [1.29, 1.82) is 0 Å². The predicted octanol–water partition coefficient (Wildman–Crippen LogP) is 1.87. The van der Waals surface area contributed by atoms with E-state index in [4.69, 9.17) is 0 Å². The number of H-pyrrole nitrogens is 1. The Morgan fingerprint density at radius 1 is 1.50 bits per heavy atom. The van der Waals surface area contributed by atoms with Crippen LogP contribution in [0.1, 0.15) is 18.7 Å². The third-order valence-corrected chi connectivity index (χ3v) is 4.45. The van der Waals surface area contributed by atoms with Gasteiger partial charge in [-0.05, 0) is 11.4 Å². The van der Waals surface area contributed by atoms with E-state index in [2.05, 4.69) is 51.9 Å². The quantitative estimate of drug-likeness (QED) is 0.769. The van der Waals surface area contributed by atoms with Gasteiger partial charge in [-0.15, -0.1) is 11.3 Å². The van der Waals surface area contributed by atoms with Crippen LogP contribution in [0.2, 0.25) is 0 Å². The second kappa shape index (κ2) is 4.75. The molecule has 0 saturated heterocycles. The molecule has 0 saturated carbocycles. The van der Waals surface area contributed by atoms with E-state index in [0.717, 1.165) is 6.54 Å². The van der Waals surface area contributed by atoms with Crippen molar-refractivity contribution in [2.24, 2.45) is 0 Å². The van der Waals surface area contributed by atoms with E-state index in [1.165, 1.54) is 15.6 Å². The minimum Gasteiger partial charge on any atom is -0.369 e. The molecule has 7 heteroatoms. The zero-order valence-electron chi connectivity index (χ0n) is 11.3. The standard InChI is InChI=1S/C13H15N5OS/c1-13(2,9-4-3-5-20-9)7-14-10-6-11-16-17-12(19)18(11)8-15-10/h3-6,8,14H,7H2,1-2H3,(H,17,19). The van der Waals surface area contributed by atoms with Gasteiger partial charge in [0.2, 0.25) is 0 Å². The molecule has 0 bridgehead atoms. The summed E-state index contributed by atoms with van der Waals surface area (Å²) in [7, 11) is 0. The van der Waals surface area contributed by atoms with Gasteiger partial charge in [-0.2, -0.15) is 5.10 Å². The van der Waals surface area contributed by atoms with Crippen LogP contribution in [-0.2, 0) is 5.41 Å². The van der Waals surface area contributed by atoms with Crippen LogP contribution >= 0.6 is 11.3 Å². The van der Waals surface area contributed by atoms with Crippen LogP contribution in [-0.4, -0.2) is 26.1 Å². The maximum atomic E-state index is 11.3. The summed E-state index contributed by atoms with van der Waals surface area (Å²) in [6, 6.07) is 5.95. The van der Waals surface area contributed by atoms with Gasteiger partial charge < -0.3 is 5.32 Å². The van der Waals surface area contributed by atoms with E-state index >= 15 is 0 Å². The van der Waals surface area contributed by atoms with Crippen LogP contribution in [0.25, 0.3) is 5.65 Å². The number of anilines is 1. The van der Waals surface area contributed by atoms with Crippen LogP contribution < -0.4 is 11.0 Å². The summed E-state index contributed by atoms with van der Waals surface area (Å²) in [6.07, 6.45) is 1.47. The number of hydrogen-bond donors (Lipinski definition) is 2. The second-order valence-corrected chi connectivity index (χ2v) is 6.19. The van der Waals surface area contributed by atoms with Crippen molar-refractivity contribution < 1.29 is 0 Å². The molecule has 3 aromatic heterocycles. The zero-order valence-corrected chi connectivity index (χ0v) is 12.1. The predicted molar refractivity (Wildman–Crippen MR) is 79.4 cm³/mol. The Morgan fingerprint density at radius 2 is 2.35 bits per heavy atom. The Balaban J connectivity index is 1.78. The van der Waals surface area contributed by atoms with Crippen molar-refractivity contribution in [2.75, 3.05) is 11.9 Å². The number of nitrogens with zero attached hydrogens (tertiary/aromatic N) is 3. The summed E-state index contributed by atoms with van der Waals surface area (Å²) in [5.74, 6) is 0.709. The van der Waals surface area contributed by atoms with Crippen molar-refractivity contribution in [3.8, 4) is 0 Å². The lowest BCUT2D eigenvalue weighted by molar-refractivity contribution is 0.568. The van der Waals surface area contributed by atoms with E-state index in [1.807, 2.05) is 0 Å². The highest BCUT2D eigenvalue weighted by Crippen LogP contribution is 2.27. The van der Waals surface area contributed by atoms with Crippen LogP contribution in [0.5, 0.6) is 0 Å². The summed E-state index contributed by atoms with van der Waals surface area (Å²) in [6.45, 7) is 5.12. The first-order chi connectivity index (χ1) is 9.56. The van der Waals surface area contributed by atoms with Crippen LogP contribution in [0.15, 0.2) is 34.7 Å². The van der Waals surface area contributed by atoms with E-state index < -0.39 is 0 Å². The molecule has 0 radical (unpaired) electrons. The highest BCUT2D eigenvalue weighted by molar-refractivity contribution is 7.10. The molecule has 0 spiro atoms. The van der Waals surface area contributed by atoms with Gasteiger partial charge in [0.05, 0.1) is 0 Å². The van der Waals surface area contributed by atoms with Crippen molar-refractivity contribution >= 4 is 22.8 Å². The zero-order chi connectivity index (χ0) is 14.2. The molecule has 0 aliphatic rings. The molecule has 2 N–H and O–H groups in total. The molecule has 20 heavy (non-hydrogen) atoms. The van der Waals surface area contributed by atoms with Gasteiger partial charge in [0.15, 0.2) is 5.65 Å². The Kier molecular flexibility index (Phi) is 3.06. The Labute approximate surface area is 119 Å². The van der Waals surface area contributed by atoms with Gasteiger partial charge >= 0.3 is 5.69 Å². The van der Waals surface area contributed by atoms with Crippen molar-refractivity contribution in [1.82, 2.24) is 19.6 Å². The molecule has 0 amide bonds. The lowest BCUT2D eigenvalue weighted by Crippen LogP contribution is -2.27. The molecule has 0 aromatic carbocycles. The van der Waals surface area contributed by atoms with Crippen LogP contribution in [0.4, 0.5) is 5.82 Å². The van der Waals surface area contributed by atoms with Gasteiger partial charge in [0, 0.05) is 22.9 Å². The maximum absolute atomic E-state index is 11.3. The van der Waals surface area contributed by atoms with E-state index in [0.29, 0.717) is 11.5 Å². The monoisotopic (exact) mass is 289 g/mol. The minimum absolute atomic E-state index is 0.0210. The third kappa shape index (κ3) is 2.32. The van der Waals surface area contributed by atoms with Gasteiger partial charge in [0.1, 0.15) is 12.1 Å². The average Bonchev–Trinajstić information content (AvgIpc) is 3.07. The number of thiophene rings is 1. The highest BCUT2D eigenvalue weighted by Gasteiger charge is 2.21. The van der Waals surface area contributed by atoms with Gasteiger partial charge in [-0.25, -0.2) is 19.3 Å². The SMILES string of the molecule is CC(C)(CNc1cc2n[nH]c(=O)n2cn1)c1cccs1. The largest absolute Gasteiger partial charge is 0.369 e. The topological polar surface area (TPSA) is 75.1 Å². The number of hydrogen-bond acceptors (Lipinski definition) is 5. The number of nitrogens with one attached hydrogen (secondary N) is 2. The van der Waals surface area contributed by atoms with E-state index in [-0.39, 0.29) is 11.1 Å². The molecular weight excluding hydrogens is 274 g/mol. The molecule has 6 nitrogen and oxygen atoms in total. The second-order valence-electron chi connectivity index (χ2n) is 5.25. The molecule has 0 atom stereocenters. The maximum Gasteiger partial charge on any atom is 0.348 e. The summed E-state index contributed by atoms with van der Waals surface area (Å²) in [4.78, 5) is 16.9. The molecule has 3 aromatic rings. The molecule has 0 aliphatic carbocycles. The average molecular weight is 289 g/mol. The fraction of sp³-hybridized carbons (Fsp3) is 0.308. The highest BCUT2D eigenvalue weighted by atomic mass is 32.1. The first kappa shape index (κ1) is 12.9. The molecule has 3 heterocycles.